The van der Waals surface area contributed by atoms with Gasteiger partial charge in [0.15, 0.2) is 5.96 Å². The number of nitrogens with two attached hydrogens (primary N) is 2. The lowest BCUT2D eigenvalue weighted by molar-refractivity contribution is -0.139. The van der Waals surface area contributed by atoms with Crippen LogP contribution in [0.25, 0.3) is 0 Å². The number of nitrogens with zero attached hydrogens (tertiary/aromatic N) is 1. The number of carbonyl (C=O) groups excluding carboxylic acids is 1. The molecule has 1 aromatic heterocycles. The van der Waals surface area contributed by atoms with Crippen molar-refractivity contribution in [2.45, 2.75) is 18.9 Å². The molecule has 134 valence electrons. The van der Waals surface area contributed by atoms with Crippen LogP contribution in [0, 0.1) is 0 Å². The Labute approximate surface area is 143 Å². The Bertz CT molecular complexity index is 724. The minimum atomic E-state index is -3.55. The van der Waals surface area contributed by atoms with Crippen molar-refractivity contribution < 1.29 is 23.1 Å². The number of nitrogens with one attached hydrogen (secondary N) is 2. The van der Waals surface area contributed by atoms with E-state index in [4.69, 9.17) is 11.5 Å². The van der Waals surface area contributed by atoms with E-state index < -0.39 is 27.9 Å². The van der Waals surface area contributed by atoms with Gasteiger partial charge in [-0.3, -0.25) is 14.5 Å². The fraction of sp³-hybridized carbons (Fsp3) is 0.417. The summed E-state index contributed by atoms with van der Waals surface area (Å²) in [6.45, 7) is 0.238. The van der Waals surface area contributed by atoms with Gasteiger partial charge in [0.1, 0.15) is 10.9 Å². The molecule has 0 radical (unpaired) electrons. The van der Waals surface area contributed by atoms with Gasteiger partial charge in [0, 0.05) is 6.54 Å². The summed E-state index contributed by atoms with van der Waals surface area (Å²) in [5.74, 6) is -1.98. The monoisotopic (exact) mass is 377 g/mol. The van der Waals surface area contributed by atoms with Crippen LogP contribution in [0.2, 0.25) is 0 Å². The number of sulfonamides is 1. The van der Waals surface area contributed by atoms with Crippen LogP contribution < -0.4 is 21.5 Å². The van der Waals surface area contributed by atoms with Crippen LogP contribution in [-0.4, -0.2) is 50.2 Å². The molecule has 0 aliphatic heterocycles. The molecule has 1 rings (SSSR count). The van der Waals surface area contributed by atoms with Gasteiger partial charge < -0.3 is 21.9 Å². The maximum atomic E-state index is 12.2. The van der Waals surface area contributed by atoms with Gasteiger partial charge in [-0.15, -0.1) is 11.3 Å². The number of amides is 1. The quantitative estimate of drug-likeness (QED) is 0.216. The van der Waals surface area contributed by atoms with E-state index in [0.717, 1.165) is 17.6 Å². The fourth-order valence-electron chi connectivity index (χ4n) is 1.75. The van der Waals surface area contributed by atoms with Crippen LogP contribution in [0.1, 0.15) is 22.5 Å². The fourth-order valence-corrected chi connectivity index (χ4v) is 3.14. The standard InChI is InChI=1S/C12H19N5O5S2/c1-24(21,22)17-7-4-6-23-9(7)10(18)16-8(11(19)20)3-2-5-15-12(13)14/h4,6,8,17H,2-3,5H2,1H3,(H,16,18)(H,19,20)(H4,13,14,15)/t8-/m0/s1. The lowest BCUT2D eigenvalue weighted by atomic mass is 10.1. The number of carboxylic acid groups (broad SMARTS) is 1. The summed E-state index contributed by atoms with van der Waals surface area (Å²) in [4.78, 5) is 27.3. The van der Waals surface area contributed by atoms with Crippen molar-refractivity contribution in [2.75, 3.05) is 17.5 Å². The van der Waals surface area contributed by atoms with Gasteiger partial charge in [-0.2, -0.15) is 0 Å². The molecular weight excluding hydrogens is 358 g/mol. The van der Waals surface area contributed by atoms with Gasteiger partial charge in [0.05, 0.1) is 11.9 Å². The second-order valence-electron chi connectivity index (χ2n) is 4.85. The Morgan fingerprint density at radius 3 is 2.62 bits per heavy atom. The molecule has 1 atom stereocenters. The van der Waals surface area contributed by atoms with Crippen LogP contribution in [-0.2, 0) is 14.8 Å². The van der Waals surface area contributed by atoms with E-state index in [1.54, 1.807) is 0 Å². The van der Waals surface area contributed by atoms with E-state index in [1.807, 2.05) is 0 Å². The number of aliphatic imine (C=N–C) groups is 1. The number of thiophene rings is 1. The van der Waals surface area contributed by atoms with Crippen LogP contribution in [0.4, 0.5) is 5.69 Å². The zero-order valence-electron chi connectivity index (χ0n) is 12.9. The first-order chi connectivity index (χ1) is 11.1. The normalized spacial score (nSPS) is 12.2. The average molecular weight is 377 g/mol. The molecule has 0 aliphatic carbocycles. The largest absolute Gasteiger partial charge is 0.480 e. The first kappa shape index (κ1) is 19.7. The highest BCUT2D eigenvalue weighted by Crippen LogP contribution is 2.23. The summed E-state index contributed by atoms with van der Waals surface area (Å²) >= 11 is 0.997. The van der Waals surface area contributed by atoms with Gasteiger partial charge in [-0.05, 0) is 24.3 Å². The molecular formula is C12H19N5O5S2. The number of anilines is 1. The zero-order valence-corrected chi connectivity index (χ0v) is 14.5. The van der Waals surface area contributed by atoms with Crippen molar-refractivity contribution in [3.63, 3.8) is 0 Å². The first-order valence-electron chi connectivity index (χ1n) is 6.74. The Balaban J connectivity index is 2.74. The molecule has 12 heteroatoms. The summed E-state index contributed by atoms with van der Waals surface area (Å²) in [5, 5.41) is 13.1. The lowest BCUT2D eigenvalue weighted by Crippen LogP contribution is -2.40. The van der Waals surface area contributed by atoms with Crippen LogP contribution in [0.5, 0.6) is 0 Å². The summed E-state index contributed by atoms with van der Waals surface area (Å²) < 4.78 is 24.7. The Kier molecular flexibility index (Phi) is 6.97. The van der Waals surface area contributed by atoms with Crippen LogP contribution in [0.3, 0.4) is 0 Å². The highest BCUT2D eigenvalue weighted by Gasteiger charge is 2.23. The van der Waals surface area contributed by atoms with Crippen LogP contribution in [0.15, 0.2) is 16.4 Å². The summed E-state index contributed by atoms with van der Waals surface area (Å²) in [7, 11) is -3.55. The molecule has 7 N–H and O–H groups in total. The number of aliphatic carboxylic acids is 1. The molecule has 0 aromatic carbocycles. The summed E-state index contributed by atoms with van der Waals surface area (Å²) in [6, 6.07) is 0.287. The maximum Gasteiger partial charge on any atom is 0.326 e. The molecule has 0 fully saturated rings. The van der Waals surface area contributed by atoms with Gasteiger partial charge >= 0.3 is 5.97 Å². The molecule has 0 saturated carbocycles. The highest BCUT2D eigenvalue weighted by atomic mass is 32.2. The minimum absolute atomic E-state index is 0.0795. The zero-order chi connectivity index (χ0) is 18.3. The average Bonchev–Trinajstić information content (AvgIpc) is 2.87. The van der Waals surface area contributed by atoms with E-state index in [2.05, 4.69) is 15.0 Å². The molecule has 1 amide bonds. The van der Waals surface area contributed by atoms with Gasteiger partial charge in [0.2, 0.25) is 10.0 Å². The highest BCUT2D eigenvalue weighted by molar-refractivity contribution is 7.92. The van der Waals surface area contributed by atoms with Gasteiger partial charge in [-0.25, -0.2) is 13.2 Å². The first-order valence-corrected chi connectivity index (χ1v) is 9.51. The third kappa shape index (κ3) is 6.83. The molecule has 0 saturated heterocycles. The van der Waals surface area contributed by atoms with E-state index in [1.165, 1.54) is 11.4 Å². The Morgan fingerprint density at radius 1 is 1.42 bits per heavy atom. The van der Waals surface area contributed by atoms with Gasteiger partial charge in [0.25, 0.3) is 5.91 Å². The maximum absolute atomic E-state index is 12.2. The van der Waals surface area contributed by atoms with E-state index in [0.29, 0.717) is 6.42 Å². The van der Waals surface area contributed by atoms with Crippen molar-refractivity contribution >= 4 is 44.9 Å². The van der Waals surface area contributed by atoms with Crippen molar-refractivity contribution in [1.29, 1.82) is 0 Å². The summed E-state index contributed by atoms with van der Waals surface area (Å²) in [6.07, 6.45) is 1.43. The Morgan fingerprint density at radius 2 is 2.08 bits per heavy atom. The lowest BCUT2D eigenvalue weighted by Gasteiger charge is -2.14. The van der Waals surface area contributed by atoms with Crippen molar-refractivity contribution in [3.8, 4) is 0 Å². The van der Waals surface area contributed by atoms with Crippen molar-refractivity contribution in [2.24, 2.45) is 16.5 Å². The predicted octanol–water partition coefficient (Wildman–Crippen LogP) is -0.644. The molecule has 0 unspecified atom stereocenters. The predicted molar refractivity (Wildman–Crippen MR) is 91.6 cm³/mol. The van der Waals surface area contributed by atoms with E-state index in [9.17, 15) is 23.1 Å². The molecule has 10 nitrogen and oxygen atoms in total. The second kappa shape index (κ2) is 8.49. The molecule has 1 heterocycles. The number of hydrogen-bond acceptors (Lipinski definition) is 6. The molecule has 0 aliphatic rings. The smallest absolute Gasteiger partial charge is 0.326 e. The molecule has 24 heavy (non-hydrogen) atoms. The number of hydrogen-bond donors (Lipinski definition) is 5. The van der Waals surface area contributed by atoms with Gasteiger partial charge in [-0.1, -0.05) is 0 Å². The molecule has 1 aromatic rings. The SMILES string of the molecule is CS(=O)(=O)Nc1ccsc1C(=O)N[C@@H](CCCN=C(N)N)C(=O)O. The molecule has 0 spiro atoms. The number of rotatable bonds is 9. The summed E-state index contributed by atoms with van der Waals surface area (Å²) in [5.41, 5.74) is 10.4. The second-order valence-corrected chi connectivity index (χ2v) is 7.52. The van der Waals surface area contributed by atoms with Crippen molar-refractivity contribution in [1.82, 2.24) is 5.32 Å². The topological polar surface area (TPSA) is 177 Å². The van der Waals surface area contributed by atoms with Crippen LogP contribution >= 0.6 is 11.3 Å². The third-order valence-electron chi connectivity index (χ3n) is 2.72. The number of carboxylic acids is 1. The van der Waals surface area contributed by atoms with Crippen molar-refractivity contribution in [3.05, 3.63) is 16.3 Å². The van der Waals surface area contributed by atoms with E-state index in [-0.39, 0.29) is 29.5 Å². The minimum Gasteiger partial charge on any atom is -0.480 e. The number of guanidine groups is 1. The molecule has 0 bridgehead atoms. The van der Waals surface area contributed by atoms with E-state index >= 15 is 0 Å². The third-order valence-corrected chi connectivity index (χ3v) is 4.22. The Hall–Kier alpha value is -2.34. The number of carbonyl (C=O) groups is 2.